The fourth-order valence-electron chi connectivity index (χ4n) is 4.40. The third-order valence-corrected chi connectivity index (χ3v) is 6.12. The molecule has 8 nitrogen and oxygen atoms in total. The molecule has 0 fully saturated rings. The molecule has 8 heteroatoms. The quantitative estimate of drug-likeness (QED) is 0.308. The molecular formula is C31H45N3O5. The number of nitrogens with one attached hydrogen (secondary N) is 2. The molecule has 39 heavy (non-hydrogen) atoms. The first-order chi connectivity index (χ1) is 18.3. The van der Waals surface area contributed by atoms with Crippen molar-refractivity contribution in [3.05, 3.63) is 59.2 Å². The predicted octanol–water partition coefficient (Wildman–Crippen LogP) is 6.31. The maximum atomic E-state index is 13.9. The summed E-state index contributed by atoms with van der Waals surface area (Å²) < 4.78 is 10.6. The van der Waals surface area contributed by atoms with Crippen LogP contribution in [-0.4, -0.2) is 48.1 Å². The summed E-state index contributed by atoms with van der Waals surface area (Å²) in [6.45, 7) is 13.3. The summed E-state index contributed by atoms with van der Waals surface area (Å²) in [5, 5.41) is 5.63. The van der Waals surface area contributed by atoms with Crippen LogP contribution in [0.2, 0.25) is 0 Å². The van der Waals surface area contributed by atoms with Crippen LogP contribution in [0.5, 0.6) is 5.75 Å². The van der Waals surface area contributed by atoms with Crippen LogP contribution in [0.1, 0.15) is 83.0 Å². The van der Waals surface area contributed by atoms with Crippen molar-refractivity contribution in [1.82, 2.24) is 10.2 Å². The zero-order valence-electron chi connectivity index (χ0n) is 24.7. The molecule has 0 aromatic heterocycles. The molecule has 3 amide bonds. The van der Waals surface area contributed by atoms with E-state index < -0.39 is 23.8 Å². The summed E-state index contributed by atoms with van der Waals surface area (Å²) in [6, 6.07) is 11.2. The number of rotatable bonds is 12. The summed E-state index contributed by atoms with van der Waals surface area (Å²) in [5.74, 6) is -0.0153. The monoisotopic (exact) mass is 539 g/mol. The van der Waals surface area contributed by atoms with Gasteiger partial charge in [-0.05, 0) is 77.8 Å². The first-order valence-corrected chi connectivity index (χ1v) is 13.7. The van der Waals surface area contributed by atoms with Crippen molar-refractivity contribution in [3.63, 3.8) is 0 Å². The van der Waals surface area contributed by atoms with E-state index in [0.29, 0.717) is 23.5 Å². The van der Waals surface area contributed by atoms with Crippen molar-refractivity contribution in [1.29, 1.82) is 0 Å². The lowest BCUT2D eigenvalue weighted by molar-refractivity contribution is -0.140. The molecule has 2 aromatic carbocycles. The molecule has 2 rings (SSSR count). The van der Waals surface area contributed by atoms with E-state index in [4.69, 9.17) is 9.47 Å². The van der Waals surface area contributed by atoms with Gasteiger partial charge in [0.1, 0.15) is 23.4 Å². The Morgan fingerprint density at radius 2 is 1.56 bits per heavy atom. The van der Waals surface area contributed by atoms with Crippen molar-refractivity contribution >= 4 is 23.6 Å². The summed E-state index contributed by atoms with van der Waals surface area (Å²) in [4.78, 5) is 41.8. The van der Waals surface area contributed by atoms with Crippen molar-refractivity contribution in [2.45, 2.75) is 91.8 Å². The van der Waals surface area contributed by atoms with E-state index in [0.717, 1.165) is 36.8 Å². The van der Waals surface area contributed by atoms with Crippen molar-refractivity contribution in [2.24, 2.45) is 0 Å². The third-order valence-electron chi connectivity index (χ3n) is 6.12. The van der Waals surface area contributed by atoms with E-state index in [2.05, 4.69) is 17.6 Å². The number of carbonyl (C=O) groups is 3. The smallest absolute Gasteiger partial charge is 0.408 e. The SMILES string of the molecule is CCCCCCN(C(=O)C(C)NC(=O)OC(C)(C)C)C(C(=O)Nc1ccc(OC)cc1)c1cc(C)cc(C)c1. The number of benzene rings is 2. The summed E-state index contributed by atoms with van der Waals surface area (Å²) in [7, 11) is 1.58. The van der Waals surface area contributed by atoms with Crippen LogP contribution in [0.25, 0.3) is 0 Å². The van der Waals surface area contributed by atoms with Gasteiger partial charge >= 0.3 is 6.09 Å². The zero-order valence-corrected chi connectivity index (χ0v) is 24.7. The molecule has 2 N–H and O–H groups in total. The maximum Gasteiger partial charge on any atom is 0.408 e. The van der Waals surface area contributed by atoms with E-state index in [1.165, 1.54) is 0 Å². The number of methoxy groups -OCH3 is 1. The van der Waals surface area contributed by atoms with Crippen LogP contribution in [0, 0.1) is 13.8 Å². The van der Waals surface area contributed by atoms with Crippen LogP contribution < -0.4 is 15.4 Å². The Morgan fingerprint density at radius 3 is 2.10 bits per heavy atom. The summed E-state index contributed by atoms with van der Waals surface area (Å²) in [6.07, 6.45) is 3.05. The molecule has 0 saturated carbocycles. The van der Waals surface area contributed by atoms with E-state index in [1.54, 1.807) is 64.0 Å². The summed E-state index contributed by atoms with van der Waals surface area (Å²) in [5.41, 5.74) is 2.59. The fraction of sp³-hybridized carbons (Fsp3) is 0.516. The highest BCUT2D eigenvalue weighted by Gasteiger charge is 2.34. The average Bonchev–Trinajstić information content (AvgIpc) is 2.84. The number of aryl methyl sites for hydroxylation is 2. The number of ether oxygens (including phenoxy) is 2. The Kier molecular flexibility index (Phi) is 11.8. The molecule has 2 unspecified atom stereocenters. The van der Waals surface area contributed by atoms with Gasteiger partial charge in [-0.3, -0.25) is 9.59 Å². The molecule has 0 aliphatic heterocycles. The molecule has 0 radical (unpaired) electrons. The highest BCUT2D eigenvalue weighted by molar-refractivity contribution is 5.99. The maximum absolute atomic E-state index is 13.9. The third kappa shape index (κ3) is 10.3. The van der Waals surface area contributed by atoms with Gasteiger partial charge in [0, 0.05) is 12.2 Å². The van der Waals surface area contributed by atoms with Crippen LogP contribution in [0.3, 0.4) is 0 Å². The zero-order chi connectivity index (χ0) is 29.2. The number of carbonyl (C=O) groups excluding carboxylic acids is 3. The summed E-state index contributed by atoms with van der Waals surface area (Å²) >= 11 is 0. The number of hydrogen-bond acceptors (Lipinski definition) is 5. The normalized spacial score (nSPS) is 12.7. The molecule has 0 aliphatic carbocycles. The lowest BCUT2D eigenvalue weighted by atomic mass is 9.98. The Labute approximate surface area is 233 Å². The van der Waals surface area contributed by atoms with Gasteiger partial charge in [-0.25, -0.2) is 4.79 Å². The Hall–Kier alpha value is -3.55. The lowest BCUT2D eigenvalue weighted by Gasteiger charge is -2.34. The second-order valence-electron chi connectivity index (χ2n) is 11.0. The van der Waals surface area contributed by atoms with Crippen LogP contribution >= 0.6 is 0 Å². The van der Waals surface area contributed by atoms with Gasteiger partial charge in [0.2, 0.25) is 5.91 Å². The minimum atomic E-state index is -0.900. The molecular weight excluding hydrogens is 494 g/mol. The molecule has 214 valence electrons. The van der Waals surface area contributed by atoms with E-state index in [9.17, 15) is 14.4 Å². The van der Waals surface area contributed by atoms with Crippen LogP contribution in [-0.2, 0) is 14.3 Å². The van der Waals surface area contributed by atoms with Gasteiger partial charge in [-0.15, -0.1) is 0 Å². The van der Waals surface area contributed by atoms with E-state index >= 15 is 0 Å². The van der Waals surface area contributed by atoms with Gasteiger partial charge < -0.3 is 25.0 Å². The second kappa shape index (κ2) is 14.6. The van der Waals surface area contributed by atoms with Gasteiger partial charge in [0.15, 0.2) is 0 Å². The second-order valence-corrected chi connectivity index (χ2v) is 11.0. The number of alkyl carbamates (subject to hydrolysis) is 1. The minimum absolute atomic E-state index is 0.335. The van der Waals surface area contributed by atoms with Crippen molar-refractivity contribution in [3.8, 4) is 5.75 Å². The van der Waals surface area contributed by atoms with E-state index in [1.807, 2.05) is 32.0 Å². The van der Waals surface area contributed by atoms with Crippen molar-refractivity contribution < 1.29 is 23.9 Å². The molecule has 2 aromatic rings. The van der Waals surface area contributed by atoms with E-state index in [-0.39, 0.29) is 11.8 Å². The number of nitrogens with zero attached hydrogens (tertiary/aromatic N) is 1. The largest absolute Gasteiger partial charge is 0.497 e. The number of amides is 3. The Bertz CT molecular complexity index is 1090. The van der Waals surface area contributed by atoms with Crippen molar-refractivity contribution in [2.75, 3.05) is 19.0 Å². The lowest BCUT2D eigenvalue weighted by Crippen LogP contribution is -2.51. The van der Waals surface area contributed by atoms with Crippen LogP contribution in [0.4, 0.5) is 10.5 Å². The van der Waals surface area contributed by atoms with Gasteiger partial charge in [-0.1, -0.05) is 55.5 Å². The topological polar surface area (TPSA) is 97.0 Å². The fourth-order valence-corrected chi connectivity index (χ4v) is 4.40. The molecule has 0 spiro atoms. The highest BCUT2D eigenvalue weighted by atomic mass is 16.6. The molecule has 0 aliphatic rings. The average molecular weight is 540 g/mol. The number of unbranched alkanes of at least 4 members (excludes halogenated alkanes) is 3. The Morgan fingerprint density at radius 1 is 0.949 bits per heavy atom. The first-order valence-electron chi connectivity index (χ1n) is 13.7. The molecule has 0 heterocycles. The van der Waals surface area contributed by atoms with Gasteiger partial charge in [0.25, 0.3) is 5.91 Å². The van der Waals surface area contributed by atoms with Gasteiger partial charge in [0.05, 0.1) is 7.11 Å². The Balaban J connectivity index is 2.46. The van der Waals surface area contributed by atoms with Gasteiger partial charge in [-0.2, -0.15) is 0 Å². The standard InChI is InChI=1S/C31H45N3O5/c1-9-10-11-12-17-34(29(36)23(4)32-30(37)39-31(5,6)7)27(24-19-21(2)18-22(3)20-24)28(35)33-25-13-15-26(38-8)16-14-25/h13-16,18-20,23,27H,9-12,17H2,1-8H3,(H,32,37)(H,33,35). The predicted molar refractivity (Wildman–Crippen MR) is 155 cm³/mol. The molecule has 2 atom stereocenters. The molecule has 0 bridgehead atoms. The highest BCUT2D eigenvalue weighted by Crippen LogP contribution is 2.27. The van der Waals surface area contributed by atoms with Crippen LogP contribution in [0.15, 0.2) is 42.5 Å². The number of hydrogen-bond donors (Lipinski definition) is 2. The number of anilines is 1. The minimum Gasteiger partial charge on any atom is -0.497 e. The molecule has 0 saturated heterocycles. The first kappa shape index (κ1) is 31.7.